The highest BCUT2D eigenvalue weighted by atomic mass is 16.5. The number of benzene rings is 4. The van der Waals surface area contributed by atoms with Crippen LogP contribution < -0.4 is 9.47 Å². The van der Waals surface area contributed by atoms with Crippen molar-refractivity contribution in [2.45, 2.75) is 13.5 Å². The minimum Gasteiger partial charge on any atom is -0.481 e. The molecule has 0 saturated heterocycles. The lowest BCUT2D eigenvalue weighted by Crippen LogP contribution is -1.93. The molecule has 0 aliphatic rings. The normalized spacial score (nSPS) is 10.9. The number of para-hydroxylation sites is 1. The SMILES string of the molecule is C#CCOc1ccc(-c2nc(-c3ccc4c(c3)c3ccccc3n4CC)[nH]c2-c2ccc(OCC#C)cc2)cc1. The second kappa shape index (κ2) is 10.8. The predicted octanol–water partition coefficient (Wildman–Crippen LogP) is 7.56. The van der Waals surface area contributed by atoms with Gasteiger partial charge in [-0.2, -0.15) is 0 Å². The van der Waals surface area contributed by atoms with E-state index in [0.29, 0.717) is 5.75 Å². The smallest absolute Gasteiger partial charge is 0.148 e. The van der Waals surface area contributed by atoms with Gasteiger partial charge in [-0.05, 0) is 79.7 Å². The van der Waals surface area contributed by atoms with Crippen LogP contribution in [0.5, 0.6) is 11.5 Å². The summed E-state index contributed by atoms with van der Waals surface area (Å²) < 4.78 is 13.5. The minimum atomic E-state index is 0.224. The third kappa shape index (κ3) is 4.55. The Morgan fingerprint density at radius 2 is 1.32 bits per heavy atom. The molecule has 2 heterocycles. The quantitative estimate of drug-likeness (QED) is 0.210. The van der Waals surface area contributed by atoms with Gasteiger partial charge in [-0.3, -0.25) is 0 Å². The number of aryl methyl sites for hydroxylation is 1. The summed E-state index contributed by atoms with van der Waals surface area (Å²) in [5.41, 5.74) is 7.16. The van der Waals surface area contributed by atoms with Gasteiger partial charge in [-0.1, -0.05) is 30.0 Å². The van der Waals surface area contributed by atoms with E-state index < -0.39 is 0 Å². The molecule has 194 valence electrons. The molecule has 0 aliphatic carbocycles. The zero-order valence-corrected chi connectivity index (χ0v) is 22.1. The summed E-state index contributed by atoms with van der Waals surface area (Å²) in [6.45, 7) is 3.53. The van der Waals surface area contributed by atoms with Crippen molar-refractivity contribution in [3.05, 3.63) is 91.0 Å². The molecule has 5 heteroatoms. The number of terminal acetylenes is 2. The summed E-state index contributed by atoms with van der Waals surface area (Å²) in [5, 5.41) is 2.44. The van der Waals surface area contributed by atoms with E-state index in [1.54, 1.807) is 0 Å². The Kier molecular flexibility index (Phi) is 6.71. The first-order chi connectivity index (χ1) is 19.7. The van der Waals surface area contributed by atoms with E-state index in [1.807, 2.05) is 48.5 Å². The van der Waals surface area contributed by atoms with E-state index in [9.17, 15) is 0 Å². The molecule has 0 unspecified atom stereocenters. The number of aromatic nitrogens is 3. The maximum Gasteiger partial charge on any atom is 0.148 e. The molecular formula is C35H27N3O2. The number of nitrogens with one attached hydrogen (secondary N) is 1. The molecule has 0 bridgehead atoms. The molecule has 40 heavy (non-hydrogen) atoms. The highest BCUT2D eigenvalue weighted by Crippen LogP contribution is 2.37. The van der Waals surface area contributed by atoms with Crippen molar-refractivity contribution in [3.63, 3.8) is 0 Å². The van der Waals surface area contributed by atoms with Gasteiger partial charge < -0.3 is 19.0 Å². The Morgan fingerprint density at radius 3 is 1.98 bits per heavy atom. The molecule has 1 N–H and O–H groups in total. The second-order valence-electron chi connectivity index (χ2n) is 9.34. The Hall–Kier alpha value is -5.39. The molecule has 2 aromatic heterocycles. The lowest BCUT2D eigenvalue weighted by Gasteiger charge is -2.07. The Bertz CT molecular complexity index is 1820. The average molecular weight is 522 g/mol. The number of H-pyrrole nitrogens is 1. The van der Waals surface area contributed by atoms with E-state index in [0.717, 1.165) is 46.2 Å². The van der Waals surface area contributed by atoms with Crippen LogP contribution in [0.15, 0.2) is 91.0 Å². The molecule has 0 amide bonds. The zero-order chi connectivity index (χ0) is 27.5. The van der Waals surface area contributed by atoms with Gasteiger partial charge in [0, 0.05) is 45.0 Å². The van der Waals surface area contributed by atoms with Crippen molar-refractivity contribution in [1.29, 1.82) is 0 Å². The monoisotopic (exact) mass is 521 g/mol. The van der Waals surface area contributed by atoms with Gasteiger partial charge in [0.2, 0.25) is 0 Å². The van der Waals surface area contributed by atoms with Crippen molar-refractivity contribution in [2.24, 2.45) is 0 Å². The minimum absolute atomic E-state index is 0.224. The number of rotatable bonds is 8. The highest BCUT2D eigenvalue weighted by Gasteiger charge is 2.17. The van der Waals surface area contributed by atoms with E-state index >= 15 is 0 Å². The second-order valence-corrected chi connectivity index (χ2v) is 9.34. The van der Waals surface area contributed by atoms with Crippen LogP contribution in [-0.4, -0.2) is 27.7 Å². The van der Waals surface area contributed by atoms with Crippen molar-refractivity contribution in [1.82, 2.24) is 14.5 Å². The fourth-order valence-electron chi connectivity index (χ4n) is 5.15. The van der Waals surface area contributed by atoms with Crippen LogP contribution >= 0.6 is 0 Å². The Labute approximate surface area is 233 Å². The van der Waals surface area contributed by atoms with Crippen LogP contribution in [-0.2, 0) is 6.54 Å². The number of hydrogen-bond acceptors (Lipinski definition) is 3. The number of fused-ring (bicyclic) bond motifs is 3. The fraction of sp³-hybridized carbons (Fsp3) is 0.114. The van der Waals surface area contributed by atoms with Gasteiger partial charge in [0.1, 0.15) is 30.5 Å². The largest absolute Gasteiger partial charge is 0.481 e. The fourth-order valence-corrected chi connectivity index (χ4v) is 5.15. The summed E-state index contributed by atoms with van der Waals surface area (Å²) in [6, 6.07) is 30.7. The summed E-state index contributed by atoms with van der Waals surface area (Å²) >= 11 is 0. The van der Waals surface area contributed by atoms with Crippen LogP contribution in [0.4, 0.5) is 0 Å². The summed E-state index contributed by atoms with van der Waals surface area (Å²) in [4.78, 5) is 8.72. The topological polar surface area (TPSA) is 52.1 Å². The van der Waals surface area contributed by atoms with Crippen molar-refractivity contribution < 1.29 is 9.47 Å². The predicted molar refractivity (Wildman–Crippen MR) is 162 cm³/mol. The van der Waals surface area contributed by atoms with Crippen LogP contribution in [0, 0.1) is 24.7 Å². The molecule has 0 atom stereocenters. The van der Waals surface area contributed by atoms with E-state index in [2.05, 4.69) is 70.8 Å². The third-order valence-electron chi connectivity index (χ3n) is 6.98. The summed E-state index contributed by atoms with van der Waals surface area (Å²) in [6.07, 6.45) is 10.7. The standard InChI is InChI=1S/C35H27N3O2/c1-4-21-39-27-16-11-24(12-17-27)33-34(25-13-18-28(19-14-25)40-22-5-2)37-35(36-33)26-15-20-32-30(23-26)29-9-7-8-10-31(29)38(32)6-3/h1-2,7-20,23H,6,21-22H2,3H3,(H,36,37). The summed E-state index contributed by atoms with van der Waals surface area (Å²) in [5.74, 6) is 7.22. The number of aromatic amines is 1. The number of ether oxygens (including phenoxy) is 2. The maximum absolute atomic E-state index is 5.58. The molecule has 0 aliphatic heterocycles. The van der Waals surface area contributed by atoms with Gasteiger partial charge in [0.25, 0.3) is 0 Å². The molecule has 0 fully saturated rings. The van der Waals surface area contributed by atoms with Gasteiger partial charge >= 0.3 is 0 Å². The van der Waals surface area contributed by atoms with Gasteiger partial charge in [-0.25, -0.2) is 4.98 Å². The number of imidazole rings is 1. The maximum atomic E-state index is 5.58. The lowest BCUT2D eigenvalue weighted by molar-refractivity contribution is 0.370. The molecule has 5 nitrogen and oxygen atoms in total. The van der Waals surface area contributed by atoms with Crippen LogP contribution in [0.1, 0.15) is 6.92 Å². The molecule has 6 aromatic rings. The first kappa shape index (κ1) is 24.9. The molecule has 0 saturated carbocycles. The third-order valence-corrected chi connectivity index (χ3v) is 6.98. The van der Waals surface area contributed by atoms with Crippen molar-refractivity contribution in [3.8, 4) is 70.1 Å². The molecule has 0 spiro atoms. The molecule has 6 rings (SSSR count). The zero-order valence-electron chi connectivity index (χ0n) is 22.1. The first-order valence-electron chi connectivity index (χ1n) is 13.1. The lowest BCUT2D eigenvalue weighted by atomic mass is 10.0. The van der Waals surface area contributed by atoms with Crippen molar-refractivity contribution >= 4 is 21.8 Å². The van der Waals surface area contributed by atoms with E-state index in [1.165, 1.54) is 21.8 Å². The molecule has 4 aromatic carbocycles. The summed E-state index contributed by atoms with van der Waals surface area (Å²) in [7, 11) is 0. The van der Waals surface area contributed by atoms with Crippen LogP contribution in [0.25, 0.3) is 55.7 Å². The molecular weight excluding hydrogens is 494 g/mol. The molecule has 0 radical (unpaired) electrons. The first-order valence-corrected chi connectivity index (χ1v) is 13.1. The van der Waals surface area contributed by atoms with Gasteiger partial charge in [0.05, 0.1) is 11.4 Å². The van der Waals surface area contributed by atoms with Crippen LogP contribution in [0.3, 0.4) is 0 Å². The van der Waals surface area contributed by atoms with Gasteiger partial charge in [-0.15, -0.1) is 12.8 Å². The van der Waals surface area contributed by atoms with Crippen LogP contribution in [0.2, 0.25) is 0 Å². The highest BCUT2D eigenvalue weighted by molar-refractivity contribution is 6.09. The van der Waals surface area contributed by atoms with E-state index in [4.69, 9.17) is 27.3 Å². The Morgan fingerprint density at radius 1 is 0.725 bits per heavy atom. The Balaban J connectivity index is 1.47. The number of hydrogen-bond donors (Lipinski definition) is 1. The average Bonchev–Trinajstić information content (AvgIpc) is 3.59. The number of nitrogens with zero attached hydrogens (tertiary/aromatic N) is 2. The van der Waals surface area contributed by atoms with E-state index in [-0.39, 0.29) is 13.2 Å². The van der Waals surface area contributed by atoms with Gasteiger partial charge in [0.15, 0.2) is 0 Å². The van der Waals surface area contributed by atoms with Crippen molar-refractivity contribution in [2.75, 3.05) is 13.2 Å².